The molecule has 2 rings (SSSR count). The fourth-order valence-electron chi connectivity index (χ4n) is 2.44. The van der Waals surface area contributed by atoms with Crippen LogP contribution >= 0.6 is 0 Å². The highest BCUT2D eigenvalue weighted by Crippen LogP contribution is 2.37. The van der Waals surface area contributed by atoms with E-state index in [2.05, 4.69) is 5.32 Å². The summed E-state index contributed by atoms with van der Waals surface area (Å²) in [6.45, 7) is 0. The molecular formula is C14H20FNO. The Labute approximate surface area is 102 Å². The first-order valence-corrected chi connectivity index (χ1v) is 6.25. The standard InChI is InChI=1S/C14H20FNO/c1-16-13(8-10-4-3-5-10)12-9-11(15)6-7-14(12)17-2/h6-7,9-10,13,16H,3-5,8H2,1-2H3. The van der Waals surface area contributed by atoms with Crippen molar-refractivity contribution < 1.29 is 9.13 Å². The second-order valence-electron chi connectivity index (χ2n) is 4.76. The van der Waals surface area contributed by atoms with Crippen LogP contribution in [0.3, 0.4) is 0 Å². The number of ether oxygens (including phenoxy) is 1. The molecule has 1 N–H and O–H groups in total. The molecule has 0 bridgehead atoms. The predicted octanol–water partition coefficient (Wildman–Crippen LogP) is 3.29. The molecule has 1 fully saturated rings. The molecule has 1 aliphatic rings. The molecule has 0 saturated heterocycles. The van der Waals surface area contributed by atoms with Gasteiger partial charge < -0.3 is 10.1 Å². The lowest BCUT2D eigenvalue weighted by atomic mass is 9.79. The number of halogens is 1. The van der Waals surface area contributed by atoms with Gasteiger partial charge in [-0.05, 0) is 37.6 Å². The molecule has 0 aliphatic heterocycles. The van der Waals surface area contributed by atoms with E-state index in [1.165, 1.54) is 25.3 Å². The third kappa shape index (κ3) is 2.78. The zero-order valence-corrected chi connectivity index (χ0v) is 10.5. The predicted molar refractivity (Wildman–Crippen MR) is 66.7 cm³/mol. The smallest absolute Gasteiger partial charge is 0.123 e. The topological polar surface area (TPSA) is 21.3 Å². The molecule has 2 nitrogen and oxygen atoms in total. The van der Waals surface area contributed by atoms with E-state index in [1.807, 2.05) is 7.05 Å². The van der Waals surface area contributed by atoms with Crippen molar-refractivity contribution in [2.24, 2.45) is 5.92 Å². The van der Waals surface area contributed by atoms with E-state index in [0.717, 1.165) is 23.7 Å². The van der Waals surface area contributed by atoms with Crippen LogP contribution in [0.2, 0.25) is 0 Å². The summed E-state index contributed by atoms with van der Waals surface area (Å²) in [5, 5.41) is 3.27. The third-order valence-corrected chi connectivity index (χ3v) is 3.71. The number of rotatable bonds is 5. The monoisotopic (exact) mass is 237 g/mol. The number of methoxy groups -OCH3 is 1. The van der Waals surface area contributed by atoms with Gasteiger partial charge in [0.15, 0.2) is 0 Å². The first kappa shape index (κ1) is 12.4. The summed E-state index contributed by atoms with van der Waals surface area (Å²) in [4.78, 5) is 0. The molecule has 1 atom stereocenters. The number of hydrogen-bond acceptors (Lipinski definition) is 2. The molecule has 3 heteroatoms. The summed E-state index contributed by atoms with van der Waals surface area (Å²) >= 11 is 0. The maximum Gasteiger partial charge on any atom is 0.123 e. The third-order valence-electron chi connectivity index (χ3n) is 3.71. The first-order chi connectivity index (χ1) is 8.24. The normalized spacial score (nSPS) is 17.6. The highest BCUT2D eigenvalue weighted by Gasteiger charge is 2.24. The molecule has 0 radical (unpaired) electrons. The molecular weight excluding hydrogens is 217 g/mol. The highest BCUT2D eigenvalue weighted by atomic mass is 19.1. The van der Waals surface area contributed by atoms with E-state index in [9.17, 15) is 4.39 Å². The molecule has 17 heavy (non-hydrogen) atoms. The molecule has 0 aromatic heterocycles. The maximum absolute atomic E-state index is 13.3. The van der Waals surface area contributed by atoms with Gasteiger partial charge in [-0.2, -0.15) is 0 Å². The highest BCUT2D eigenvalue weighted by molar-refractivity contribution is 5.36. The zero-order chi connectivity index (χ0) is 12.3. The van der Waals surface area contributed by atoms with Gasteiger partial charge in [0.05, 0.1) is 7.11 Å². The number of nitrogens with one attached hydrogen (secondary N) is 1. The first-order valence-electron chi connectivity index (χ1n) is 6.25. The number of hydrogen-bond donors (Lipinski definition) is 1. The van der Waals surface area contributed by atoms with E-state index in [0.29, 0.717) is 0 Å². The summed E-state index contributed by atoms with van der Waals surface area (Å²) in [7, 11) is 3.56. The Balaban J connectivity index is 2.18. The van der Waals surface area contributed by atoms with Gasteiger partial charge >= 0.3 is 0 Å². The van der Waals surface area contributed by atoms with Crippen molar-refractivity contribution in [3.05, 3.63) is 29.6 Å². The van der Waals surface area contributed by atoms with Gasteiger partial charge in [-0.15, -0.1) is 0 Å². The Morgan fingerprint density at radius 1 is 1.47 bits per heavy atom. The number of benzene rings is 1. The van der Waals surface area contributed by atoms with E-state index in [-0.39, 0.29) is 11.9 Å². The van der Waals surface area contributed by atoms with Crippen molar-refractivity contribution in [3.63, 3.8) is 0 Å². The van der Waals surface area contributed by atoms with E-state index < -0.39 is 0 Å². The van der Waals surface area contributed by atoms with Gasteiger partial charge in [0.1, 0.15) is 11.6 Å². The Hall–Kier alpha value is -1.09. The van der Waals surface area contributed by atoms with Crippen LogP contribution in [0.25, 0.3) is 0 Å². The van der Waals surface area contributed by atoms with Gasteiger partial charge in [0.2, 0.25) is 0 Å². The minimum Gasteiger partial charge on any atom is -0.496 e. The lowest BCUT2D eigenvalue weighted by Gasteiger charge is -2.30. The van der Waals surface area contributed by atoms with Gasteiger partial charge in [-0.1, -0.05) is 19.3 Å². The zero-order valence-electron chi connectivity index (χ0n) is 10.5. The molecule has 1 aromatic carbocycles. The van der Waals surface area contributed by atoms with Crippen LogP contribution in [-0.4, -0.2) is 14.2 Å². The molecule has 1 saturated carbocycles. The molecule has 0 spiro atoms. The largest absolute Gasteiger partial charge is 0.496 e. The van der Waals surface area contributed by atoms with E-state index >= 15 is 0 Å². The average Bonchev–Trinajstić information content (AvgIpc) is 2.28. The quantitative estimate of drug-likeness (QED) is 0.848. The average molecular weight is 237 g/mol. The maximum atomic E-state index is 13.3. The Bertz CT molecular complexity index is 376. The fourth-order valence-corrected chi connectivity index (χ4v) is 2.44. The lowest BCUT2D eigenvalue weighted by molar-refractivity contribution is 0.262. The van der Waals surface area contributed by atoms with Crippen molar-refractivity contribution in [2.45, 2.75) is 31.7 Å². The van der Waals surface area contributed by atoms with E-state index in [1.54, 1.807) is 19.2 Å². The van der Waals surface area contributed by atoms with Gasteiger partial charge in [-0.25, -0.2) is 4.39 Å². The van der Waals surface area contributed by atoms with Gasteiger partial charge in [-0.3, -0.25) is 0 Å². The summed E-state index contributed by atoms with van der Waals surface area (Å²) in [6, 6.07) is 4.92. The Kier molecular flexibility index (Phi) is 4.00. The summed E-state index contributed by atoms with van der Waals surface area (Å²) in [6.07, 6.45) is 5.00. The second-order valence-corrected chi connectivity index (χ2v) is 4.76. The Morgan fingerprint density at radius 2 is 2.24 bits per heavy atom. The van der Waals surface area contributed by atoms with Crippen molar-refractivity contribution in [3.8, 4) is 5.75 Å². The van der Waals surface area contributed by atoms with Crippen molar-refractivity contribution >= 4 is 0 Å². The van der Waals surface area contributed by atoms with Crippen LogP contribution in [0.5, 0.6) is 5.75 Å². The summed E-state index contributed by atoms with van der Waals surface area (Å²) < 4.78 is 18.6. The summed E-state index contributed by atoms with van der Waals surface area (Å²) in [5.41, 5.74) is 0.932. The van der Waals surface area contributed by atoms with Crippen molar-refractivity contribution in [1.29, 1.82) is 0 Å². The molecule has 1 aliphatic carbocycles. The Morgan fingerprint density at radius 3 is 2.76 bits per heavy atom. The van der Waals surface area contributed by atoms with Crippen LogP contribution in [0.15, 0.2) is 18.2 Å². The molecule has 0 amide bonds. The summed E-state index contributed by atoms with van der Waals surface area (Å²) in [5.74, 6) is 1.35. The molecule has 1 aromatic rings. The van der Waals surface area contributed by atoms with E-state index in [4.69, 9.17) is 4.74 Å². The molecule has 0 heterocycles. The fraction of sp³-hybridized carbons (Fsp3) is 0.571. The van der Waals surface area contributed by atoms with Crippen LogP contribution in [-0.2, 0) is 0 Å². The lowest BCUT2D eigenvalue weighted by Crippen LogP contribution is -2.23. The van der Waals surface area contributed by atoms with Crippen LogP contribution in [0, 0.1) is 11.7 Å². The second kappa shape index (κ2) is 5.50. The SMILES string of the molecule is CNC(CC1CCC1)c1cc(F)ccc1OC. The molecule has 1 unspecified atom stereocenters. The van der Waals surface area contributed by atoms with Crippen molar-refractivity contribution in [1.82, 2.24) is 5.32 Å². The van der Waals surface area contributed by atoms with Gasteiger partial charge in [0, 0.05) is 11.6 Å². The van der Waals surface area contributed by atoms with Crippen LogP contribution < -0.4 is 10.1 Å². The van der Waals surface area contributed by atoms with Crippen LogP contribution in [0.4, 0.5) is 4.39 Å². The molecule has 94 valence electrons. The minimum absolute atomic E-state index is 0.186. The van der Waals surface area contributed by atoms with Crippen LogP contribution in [0.1, 0.15) is 37.3 Å². The van der Waals surface area contributed by atoms with Crippen molar-refractivity contribution in [2.75, 3.05) is 14.2 Å². The van der Waals surface area contributed by atoms with Gasteiger partial charge in [0.25, 0.3) is 0 Å². The minimum atomic E-state index is -0.199.